The van der Waals surface area contributed by atoms with Crippen LogP contribution in [-0.4, -0.2) is 69.8 Å². The molecule has 5 heterocycles. The van der Waals surface area contributed by atoms with Gasteiger partial charge in [0.15, 0.2) is 5.16 Å². The number of rotatable bonds is 1. The Hall–Kier alpha value is -4.02. The maximum Gasteiger partial charge on any atom is 0.272 e. The van der Waals surface area contributed by atoms with Crippen LogP contribution in [-0.2, 0) is 4.79 Å². The topological polar surface area (TPSA) is 91.5 Å². The molecule has 190 valence electrons. The summed E-state index contributed by atoms with van der Waals surface area (Å²) in [6.07, 6.45) is 11.3. The van der Waals surface area contributed by atoms with Gasteiger partial charge in [-0.3, -0.25) is 9.59 Å². The minimum Gasteiger partial charge on any atom is -0.461 e. The number of allylic oxidation sites excluding steroid dienone is 2. The lowest BCUT2D eigenvalue weighted by Crippen LogP contribution is -2.53. The number of nitrogens with zero attached hydrogens (tertiary/aromatic N) is 5. The van der Waals surface area contributed by atoms with Crippen molar-refractivity contribution >= 4 is 23.6 Å². The number of fused-ring (bicyclic) bond motifs is 5. The summed E-state index contributed by atoms with van der Waals surface area (Å²) in [7, 11) is 0. The van der Waals surface area contributed by atoms with Crippen LogP contribution in [0, 0.1) is 24.2 Å². The third kappa shape index (κ3) is 4.98. The Labute approximate surface area is 219 Å². The number of carbonyl (C=O) groups is 2. The van der Waals surface area contributed by atoms with Crippen LogP contribution in [0.4, 0.5) is 4.39 Å². The highest BCUT2D eigenvalue weighted by atomic mass is 32.2. The molecule has 0 radical (unpaired) electrons. The molecule has 8 nitrogen and oxygen atoms in total. The highest BCUT2D eigenvalue weighted by molar-refractivity contribution is 7.99. The molecule has 4 aliphatic rings. The second-order valence-corrected chi connectivity index (χ2v) is 9.82. The monoisotopic (exact) mass is 519 g/mol. The summed E-state index contributed by atoms with van der Waals surface area (Å²) in [5.74, 6) is 1.11. The summed E-state index contributed by atoms with van der Waals surface area (Å²) < 4.78 is 21.6. The average Bonchev–Trinajstić information content (AvgIpc) is 3.51. The number of aromatic nitrogens is 2. The first kappa shape index (κ1) is 26.1. The van der Waals surface area contributed by atoms with Gasteiger partial charge in [-0.1, -0.05) is 17.8 Å². The fraction of sp³-hybridized carbons (Fsp3) is 0.333. The lowest BCUT2D eigenvalue weighted by atomic mass is 10.0. The predicted octanol–water partition coefficient (Wildman–Crippen LogP) is 3.57. The van der Waals surface area contributed by atoms with E-state index < -0.39 is 6.67 Å². The van der Waals surface area contributed by atoms with E-state index in [9.17, 15) is 19.2 Å². The van der Waals surface area contributed by atoms with Crippen molar-refractivity contribution in [2.75, 3.05) is 38.6 Å². The van der Waals surface area contributed by atoms with Crippen molar-refractivity contribution < 1.29 is 18.7 Å². The summed E-state index contributed by atoms with van der Waals surface area (Å²) in [5, 5.41) is 10.4. The number of benzene rings is 1. The second-order valence-electron chi connectivity index (χ2n) is 8.83. The number of nitriles is 1. The van der Waals surface area contributed by atoms with Gasteiger partial charge in [0.05, 0.1) is 17.8 Å². The van der Waals surface area contributed by atoms with Gasteiger partial charge >= 0.3 is 0 Å². The molecule has 1 fully saturated rings. The Kier molecular flexibility index (Phi) is 7.70. The molecular weight excluding hydrogens is 493 g/mol. The summed E-state index contributed by atoms with van der Waals surface area (Å²) >= 11 is 1.55. The van der Waals surface area contributed by atoms with Crippen LogP contribution in [0.15, 0.2) is 52.5 Å². The van der Waals surface area contributed by atoms with Crippen LogP contribution in [0.2, 0.25) is 0 Å². The molecule has 1 aromatic heterocycles. The van der Waals surface area contributed by atoms with E-state index in [2.05, 4.69) is 23.9 Å². The van der Waals surface area contributed by atoms with Gasteiger partial charge in [-0.2, -0.15) is 5.26 Å². The molecular formula is C27H26FN5O3S. The molecule has 4 aliphatic heterocycles. The van der Waals surface area contributed by atoms with Crippen molar-refractivity contribution in [2.45, 2.75) is 25.0 Å². The van der Waals surface area contributed by atoms with Crippen molar-refractivity contribution in [2.24, 2.45) is 0 Å². The molecule has 37 heavy (non-hydrogen) atoms. The zero-order chi connectivity index (χ0) is 26.7. The number of carbonyl (C=O) groups excluding carboxylic acids is 2. The molecule has 2 aromatic rings. The van der Waals surface area contributed by atoms with Crippen LogP contribution in [0.1, 0.15) is 41.5 Å². The zero-order valence-electron chi connectivity index (χ0n) is 20.6. The van der Waals surface area contributed by atoms with E-state index in [4.69, 9.17) is 4.74 Å². The fourth-order valence-electron chi connectivity index (χ4n) is 4.56. The van der Waals surface area contributed by atoms with Crippen LogP contribution in [0.3, 0.4) is 0 Å². The number of halogens is 1. The summed E-state index contributed by atoms with van der Waals surface area (Å²) in [6, 6.07) is 7.38. The third-order valence-electron chi connectivity index (χ3n) is 6.54. The fourth-order valence-corrected chi connectivity index (χ4v) is 5.70. The van der Waals surface area contributed by atoms with Gasteiger partial charge in [-0.05, 0) is 48.8 Å². The van der Waals surface area contributed by atoms with Gasteiger partial charge in [-0.15, -0.1) is 12.8 Å². The van der Waals surface area contributed by atoms with E-state index >= 15 is 0 Å². The van der Waals surface area contributed by atoms with Crippen molar-refractivity contribution in [3.63, 3.8) is 0 Å². The van der Waals surface area contributed by atoms with E-state index in [1.165, 1.54) is 0 Å². The first-order valence-electron chi connectivity index (χ1n) is 11.6. The summed E-state index contributed by atoms with van der Waals surface area (Å²) in [6.45, 7) is 3.67. The maximum absolute atomic E-state index is 13.6. The number of thioether (sulfide) groups is 1. The van der Waals surface area contributed by atoms with Gasteiger partial charge in [-0.25, -0.2) is 9.37 Å². The number of hydrogen-bond donors (Lipinski definition) is 0. The molecule has 6 rings (SSSR count). The van der Waals surface area contributed by atoms with E-state index in [1.807, 2.05) is 16.7 Å². The van der Waals surface area contributed by atoms with E-state index in [0.717, 1.165) is 10.7 Å². The minimum atomic E-state index is -0.656. The smallest absolute Gasteiger partial charge is 0.272 e. The average molecular weight is 520 g/mol. The van der Waals surface area contributed by atoms with Crippen LogP contribution in [0.5, 0.6) is 5.75 Å². The molecule has 1 aromatic carbocycles. The van der Waals surface area contributed by atoms with Gasteiger partial charge in [0, 0.05) is 25.4 Å². The maximum atomic E-state index is 13.6. The largest absolute Gasteiger partial charge is 0.461 e. The first-order chi connectivity index (χ1) is 17.9. The molecule has 1 atom stereocenters. The van der Waals surface area contributed by atoms with E-state index in [0.29, 0.717) is 52.8 Å². The highest BCUT2D eigenvalue weighted by Crippen LogP contribution is 2.40. The Bertz CT molecular complexity index is 1370. The Morgan fingerprint density at radius 1 is 1.27 bits per heavy atom. The molecule has 0 spiro atoms. The van der Waals surface area contributed by atoms with Gasteiger partial charge < -0.3 is 19.1 Å². The number of hydrogen-bond acceptors (Lipinski definition) is 6. The standard InChI is InChI=1S/C25H24FN5O3S.C2H2/c1-15(9-26)19-7-16(2)34-22-8-17(3-4-18(22)10-27)21-14-35-25-28-11-20(31(21)25)24(33)30-6-5-29(12-19)23(32)13-30;1-2/h3-4,7-8,11,21H,5-6,9,12-14H2,1-2H3;1-2H/b16-7+,19-15-;. The van der Waals surface area contributed by atoms with Crippen molar-refractivity contribution in [3.05, 3.63) is 64.2 Å². The van der Waals surface area contributed by atoms with Gasteiger partial charge in [0.2, 0.25) is 5.91 Å². The zero-order valence-corrected chi connectivity index (χ0v) is 21.4. The molecule has 1 unspecified atom stereocenters. The lowest BCUT2D eigenvalue weighted by Gasteiger charge is -2.35. The Morgan fingerprint density at radius 3 is 2.73 bits per heavy atom. The molecule has 10 heteroatoms. The predicted molar refractivity (Wildman–Crippen MR) is 138 cm³/mol. The Balaban J connectivity index is 0.00000156. The number of ether oxygens (including phenoxy) is 1. The molecule has 0 N–H and O–H groups in total. The van der Waals surface area contributed by atoms with Crippen LogP contribution in [0.25, 0.3) is 0 Å². The first-order valence-corrected chi connectivity index (χ1v) is 12.6. The van der Waals surface area contributed by atoms with Crippen LogP contribution >= 0.6 is 11.8 Å². The number of amides is 2. The minimum absolute atomic E-state index is 0.0423. The third-order valence-corrected chi connectivity index (χ3v) is 7.58. The highest BCUT2D eigenvalue weighted by Gasteiger charge is 2.35. The van der Waals surface area contributed by atoms with Crippen molar-refractivity contribution in [1.29, 1.82) is 5.26 Å². The second kappa shape index (κ2) is 10.9. The molecule has 0 saturated carbocycles. The quantitative estimate of drug-likeness (QED) is 0.535. The van der Waals surface area contributed by atoms with Crippen LogP contribution < -0.4 is 4.74 Å². The van der Waals surface area contributed by atoms with Gasteiger partial charge in [0.25, 0.3) is 5.91 Å². The Morgan fingerprint density at radius 2 is 2.03 bits per heavy atom. The lowest BCUT2D eigenvalue weighted by molar-refractivity contribution is -0.134. The molecule has 2 amide bonds. The molecule has 0 aliphatic carbocycles. The number of terminal acetylenes is 1. The SMILES string of the molecule is C#C.C/C(CF)=C1\C=C(/C)Oc2cc(ccc2C#N)C2CSc3ncc(n32)C(=O)N2CCN(C1)C(=O)C2. The van der Waals surface area contributed by atoms with E-state index in [1.54, 1.807) is 53.7 Å². The van der Waals surface area contributed by atoms with Crippen molar-refractivity contribution in [1.82, 2.24) is 19.4 Å². The van der Waals surface area contributed by atoms with Crippen molar-refractivity contribution in [3.8, 4) is 24.7 Å². The number of alkyl halides is 1. The molecule has 1 saturated heterocycles. The number of imidazole rings is 1. The normalized spacial score (nSPS) is 21.7. The number of piperazine rings is 1. The van der Waals surface area contributed by atoms with E-state index in [-0.39, 0.29) is 30.9 Å². The molecule has 4 bridgehead atoms. The summed E-state index contributed by atoms with van der Waals surface area (Å²) in [4.78, 5) is 34.0. The summed E-state index contributed by atoms with van der Waals surface area (Å²) in [5.41, 5.74) is 2.81. The van der Waals surface area contributed by atoms with Gasteiger partial charge in [0.1, 0.15) is 36.5 Å².